The van der Waals surface area contributed by atoms with Crippen LogP contribution in [0.1, 0.15) is 20.7 Å². The lowest BCUT2D eigenvalue weighted by Crippen LogP contribution is -2.12. The Bertz CT molecular complexity index is 565. The number of pyridine rings is 1. The lowest BCUT2D eigenvalue weighted by Gasteiger charge is -2.04. The van der Waals surface area contributed by atoms with Crippen LogP contribution in [0.3, 0.4) is 0 Å². The molecular formula is C13H10N2O3. The van der Waals surface area contributed by atoms with E-state index in [2.05, 4.69) is 10.3 Å². The van der Waals surface area contributed by atoms with Crippen LogP contribution < -0.4 is 5.32 Å². The van der Waals surface area contributed by atoms with Crippen LogP contribution >= 0.6 is 0 Å². The van der Waals surface area contributed by atoms with Crippen LogP contribution in [0.4, 0.5) is 5.82 Å². The normalized spacial score (nSPS) is 9.78. The second-order valence-corrected chi connectivity index (χ2v) is 3.55. The Hall–Kier alpha value is -2.69. The standard InChI is InChI=1S/C13H10N2O3/c16-12(15-11-3-1-2-8-14-11)9-4-6-10(7-5-9)13(17)18/h1-8H,(H,17,18)(H,14,15,16). The highest BCUT2D eigenvalue weighted by atomic mass is 16.4. The minimum Gasteiger partial charge on any atom is -0.478 e. The Labute approximate surface area is 103 Å². The maximum atomic E-state index is 11.8. The quantitative estimate of drug-likeness (QED) is 0.863. The van der Waals surface area contributed by atoms with Crippen molar-refractivity contribution in [1.82, 2.24) is 4.98 Å². The van der Waals surface area contributed by atoms with Gasteiger partial charge in [0.2, 0.25) is 0 Å². The van der Waals surface area contributed by atoms with Gasteiger partial charge in [0, 0.05) is 11.8 Å². The van der Waals surface area contributed by atoms with Gasteiger partial charge in [-0.15, -0.1) is 0 Å². The molecule has 0 fully saturated rings. The molecule has 1 heterocycles. The van der Waals surface area contributed by atoms with Gasteiger partial charge in [-0.2, -0.15) is 0 Å². The number of carboxylic acids is 1. The van der Waals surface area contributed by atoms with Gasteiger partial charge in [0.1, 0.15) is 5.82 Å². The molecule has 18 heavy (non-hydrogen) atoms. The molecular weight excluding hydrogens is 232 g/mol. The van der Waals surface area contributed by atoms with Gasteiger partial charge in [-0.05, 0) is 36.4 Å². The zero-order valence-electron chi connectivity index (χ0n) is 9.33. The molecule has 1 aromatic carbocycles. The number of rotatable bonds is 3. The first-order chi connectivity index (χ1) is 8.66. The van der Waals surface area contributed by atoms with Crippen LogP contribution in [-0.4, -0.2) is 22.0 Å². The van der Waals surface area contributed by atoms with Gasteiger partial charge in [0.15, 0.2) is 0 Å². The molecule has 5 heteroatoms. The molecule has 0 aliphatic rings. The first kappa shape index (κ1) is 11.8. The van der Waals surface area contributed by atoms with E-state index in [4.69, 9.17) is 5.11 Å². The van der Waals surface area contributed by atoms with Gasteiger partial charge < -0.3 is 10.4 Å². The second kappa shape index (κ2) is 5.09. The van der Waals surface area contributed by atoms with Crippen molar-refractivity contribution in [1.29, 1.82) is 0 Å². The van der Waals surface area contributed by atoms with Gasteiger partial charge >= 0.3 is 5.97 Å². The molecule has 0 saturated heterocycles. The third-order valence-corrected chi connectivity index (χ3v) is 2.30. The second-order valence-electron chi connectivity index (χ2n) is 3.55. The van der Waals surface area contributed by atoms with Crippen LogP contribution in [0, 0.1) is 0 Å². The fourth-order valence-electron chi connectivity index (χ4n) is 1.39. The van der Waals surface area contributed by atoms with Crippen LogP contribution in [0.25, 0.3) is 0 Å². The molecule has 0 aliphatic carbocycles. The molecule has 0 bridgehead atoms. The topological polar surface area (TPSA) is 79.3 Å². The largest absolute Gasteiger partial charge is 0.478 e. The van der Waals surface area contributed by atoms with Crippen molar-refractivity contribution in [2.24, 2.45) is 0 Å². The van der Waals surface area contributed by atoms with E-state index in [0.29, 0.717) is 11.4 Å². The Kier molecular flexibility index (Phi) is 3.33. The summed E-state index contributed by atoms with van der Waals surface area (Å²) in [4.78, 5) is 26.4. The monoisotopic (exact) mass is 242 g/mol. The number of hydrogen-bond donors (Lipinski definition) is 2. The molecule has 0 aliphatic heterocycles. The average Bonchev–Trinajstić information content (AvgIpc) is 2.40. The summed E-state index contributed by atoms with van der Waals surface area (Å²) in [6.45, 7) is 0. The maximum absolute atomic E-state index is 11.8. The summed E-state index contributed by atoms with van der Waals surface area (Å²) in [5.74, 6) is -0.901. The van der Waals surface area contributed by atoms with Crippen molar-refractivity contribution in [2.75, 3.05) is 5.32 Å². The summed E-state index contributed by atoms with van der Waals surface area (Å²) in [7, 11) is 0. The maximum Gasteiger partial charge on any atom is 0.335 e. The van der Waals surface area contributed by atoms with Gasteiger partial charge in [-0.25, -0.2) is 9.78 Å². The molecule has 1 aromatic heterocycles. The minimum atomic E-state index is -1.02. The molecule has 2 aromatic rings. The number of nitrogens with one attached hydrogen (secondary N) is 1. The molecule has 0 spiro atoms. The Morgan fingerprint density at radius 3 is 2.22 bits per heavy atom. The van der Waals surface area contributed by atoms with Crippen LogP contribution in [-0.2, 0) is 0 Å². The van der Waals surface area contributed by atoms with Crippen molar-refractivity contribution in [3.63, 3.8) is 0 Å². The number of amides is 1. The van der Waals surface area contributed by atoms with E-state index in [9.17, 15) is 9.59 Å². The van der Waals surface area contributed by atoms with Crippen molar-refractivity contribution in [2.45, 2.75) is 0 Å². The molecule has 1 amide bonds. The molecule has 5 nitrogen and oxygen atoms in total. The van der Waals surface area contributed by atoms with E-state index in [1.165, 1.54) is 24.3 Å². The van der Waals surface area contributed by atoms with Crippen LogP contribution in [0.5, 0.6) is 0 Å². The first-order valence-corrected chi connectivity index (χ1v) is 5.22. The van der Waals surface area contributed by atoms with Gasteiger partial charge in [-0.1, -0.05) is 6.07 Å². The van der Waals surface area contributed by atoms with Gasteiger partial charge in [0.05, 0.1) is 5.56 Å². The third kappa shape index (κ3) is 2.70. The third-order valence-electron chi connectivity index (χ3n) is 2.30. The Morgan fingerprint density at radius 2 is 1.67 bits per heavy atom. The Balaban J connectivity index is 2.12. The lowest BCUT2D eigenvalue weighted by molar-refractivity contribution is 0.0696. The molecule has 0 radical (unpaired) electrons. The first-order valence-electron chi connectivity index (χ1n) is 5.22. The summed E-state index contributed by atoms with van der Waals surface area (Å²) in [6, 6.07) is 10.9. The summed E-state index contributed by atoms with van der Waals surface area (Å²) >= 11 is 0. The number of carbonyl (C=O) groups is 2. The highest BCUT2D eigenvalue weighted by Crippen LogP contribution is 2.07. The molecule has 0 saturated carbocycles. The van der Waals surface area contributed by atoms with E-state index in [-0.39, 0.29) is 11.5 Å². The highest BCUT2D eigenvalue weighted by molar-refractivity contribution is 6.04. The summed E-state index contributed by atoms with van der Waals surface area (Å²) in [5.41, 5.74) is 0.523. The lowest BCUT2D eigenvalue weighted by atomic mass is 10.1. The van der Waals surface area contributed by atoms with Crippen LogP contribution in [0.15, 0.2) is 48.7 Å². The number of carboxylic acid groups (broad SMARTS) is 1. The number of benzene rings is 1. The molecule has 90 valence electrons. The smallest absolute Gasteiger partial charge is 0.335 e. The number of hydrogen-bond acceptors (Lipinski definition) is 3. The fourth-order valence-corrected chi connectivity index (χ4v) is 1.39. The molecule has 2 rings (SSSR count). The zero-order chi connectivity index (χ0) is 13.0. The number of nitrogens with zero attached hydrogens (tertiary/aromatic N) is 1. The molecule has 0 atom stereocenters. The number of carbonyl (C=O) groups excluding carboxylic acids is 1. The number of aromatic carboxylic acids is 1. The molecule has 0 unspecified atom stereocenters. The fraction of sp³-hybridized carbons (Fsp3) is 0. The van der Waals surface area contributed by atoms with Gasteiger partial charge in [-0.3, -0.25) is 4.79 Å². The molecule has 2 N–H and O–H groups in total. The van der Waals surface area contributed by atoms with Crippen molar-refractivity contribution < 1.29 is 14.7 Å². The summed E-state index contributed by atoms with van der Waals surface area (Å²) in [5, 5.41) is 11.3. The number of aromatic nitrogens is 1. The van der Waals surface area contributed by atoms with Crippen molar-refractivity contribution in [3.05, 3.63) is 59.8 Å². The van der Waals surface area contributed by atoms with E-state index >= 15 is 0 Å². The van der Waals surface area contributed by atoms with E-state index in [0.717, 1.165) is 0 Å². The minimum absolute atomic E-state index is 0.143. The predicted octanol–water partition coefficient (Wildman–Crippen LogP) is 2.03. The van der Waals surface area contributed by atoms with E-state index in [1.54, 1.807) is 24.4 Å². The zero-order valence-corrected chi connectivity index (χ0v) is 9.33. The average molecular weight is 242 g/mol. The summed E-state index contributed by atoms with van der Waals surface area (Å²) < 4.78 is 0. The van der Waals surface area contributed by atoms with E-state index in [1.807, 2.05) is 0 Å². The van der Waals surface area contributed by atoms with E-state index < -0.39 is 5.97 Å². The van der Waals surface area contributed by atoms with Crippen molar-refractivity contribution in [3.8, 4) is 0 Å². The SMILES string of the molecule is O=C(O)c1ccc(C(=O)Nc2ccccn2)cc1. The van der Waals surface area contributed by atoms with Gasteiger partial charge in [0.25, 0.3) is 5.91 Å². The summed E-state index contributed by atoms with van der Waals surface area (Å²) in [6.07, 6.45) is 1.57. The highest BCUT2D eigenvalue weighted by Gasteiger charge is 2.08. The van der Waals surface area contributed by atoms with Crippen molar-refractivity contribution >= 4 is 17.7 Å². The number of anilines is 1. The Morgan fingerprint density at radius 1 is 1.00 bits per heavy atom. The van der Waals surface area contributed by atoms with Crippen LogP contribution in [0.2, 0.25) is 0 Å². The predicted molar refractivity (Wildman–Crippen MR) is 65.6 cm³/mol.